The number of benzene rings is 3. The Kier molecular flexibility index (Phi) is 8.79. The molecule has 178 valence electrons. The molecule has 0 aliphatic carbocycles. The van der Waals surface area contributed by atoms with Gasteiger partial charge in [-0.2, -0.15) is 0 Å². The quantitative estimate of drug-likeness (QED) is 0.476. The average Bonchev–Trinajstić information content (AvgIpc) is 2.81. The van der Waals surface area contributed by atoms with Gasteiger partial charge in [0.2, 0.25) is 5.91 Å². The fourth-order valence-electron chi connectivity index (χ4n) is 3.65. The van der Waals surface area contributed by atoms with Crippen molar-refractivity contribution in [3.05, 3.63) is 101 Å². The summed E-state index contributed by atoms with van der Waals surface area (Å²) < 4.78 is 19.2. The summed E-state index contributed by atoms with van der Waals surface area (Å²) in [6.07, 6.45) is 0.344. The highest BCUT2D eigenvalue weighted by atomic mass is 19.1. The van der Waals surface area contributed by atoms with Gasteiger partial charge in [-0.05, 0) is 61.7 Å². The van der Waals surface area contributed by atoms with Gasteiger partial charge in [-0.3, -0.25) is 9.59 Å². The molecule has 0 aromatic heterocycles. The van der Waals surface area contributed by atoms with Crippen LogP contribution in [0, 0.1) is 12.7 Å². The highest BCUT2D eigenvalue weighted by Crippen LogP contribution is 2.17. The number of hydrogen-bond donors (Lipinski definition) is 1. The van der Waals surface area contributed by atoms with E-state index in [0.29, 0.717) is 12.2 Å². The SMILES string of the molecule is Cc1cccc(OCC(=O)N(Cc2ccc(F)cc2)[C@@H](Cc2ccccc2)C(=O)NC(C)C)c1. The summed E-state index contributed by atoms with van der Waals surface area (Å²) in [6, 6.07) is 22.1. The maximum Gasteiger partial charge on any atom is 0.261 e. The smallest absolute Gasteiger partial charge is 0.261 e. The number of ether oxygens (including phenoxy) is 1. The first-order valence-corrected chi connectivity index (χ1v) is 11.4. The van der Waals surface area contributed by atoms with Crippen molar-refractivity contribution in [1.29, 1.82) is 0 Å². The first kappa shape index (κ1) is 25.0. The molecule has 3 aromatic rings. The third-order valence-corrected chi connectivity index (χ3v) is 5.32. The van der Waals surface area contributed by atoms with Crippen LogP contribution in [0.2, 0.25) is 0 Å². The third-order valence-electron chi connectivity index (χ3n) is 5.32. The number of nitrogens with one attached hydrogen (secondary N) is 1. The second kappa shape index (κ2) is 12.0. The van der Waals surface area contributed by atoms with Gasteiger partial charge in [-0.15, -0.1) is 0 Å². The van der Waals surface area contributed by atoms with Crippen LogP contribution in [0.1, 0.15) is 30.5 Å². The molecule has 6 heteroatoms. The molecule has 3 aromatic carbocycles. The lowest BCUT2D eigenvalue weighted by atomic mass is 10.0. The Hall–Kier alpha value is -3.67. The second-order valence-corrected chi connectivity index (χ2v) is 8.62. The van der Waals surface area contributed by atoms with Gasteiger partial charge in [0.15, 0.2) is 6.61 Å². The lowest BCUT2D eigenvalue weighted by Gasteiger charge is -2.32. The Morgan fingerprint density at radius 1 is 0.941 bits per heavy atom. The second-order valence-electron chi connectivity index (χ2n) is 8.62. The number of halogens is 1. The van der Waals surface area contributed by atoms with Crippen LogP contribution in [-0.4, -0.2) is 35.4 Å². The number of nitrogens with zero attached hydrogens (tertiary/aromatic N) is 1. The Labute approximate surface area is 200 Å². The van der Waals surface area contributed by atoms with Crippen LogP contribution in [0.25, 0.3) is 0 Å². The van der Waals surface area contributed by atoms with E-state index in [9.17, 15) is 14.0 Å². The van der Waals surface area contributed by atoms with Crippen molar-refractivity contribution >= 4 is 11.8 Å². The number of hydrogen-bond acceptors (Lipinski definition) is 3. The average molecular weight is 463 g/mol. The maximum absolute atomic E-state index is 13.5. The topological polar surface area (TPSA) is 58.6 Å². The fraction of sp³-hybridized carbons (Fsp3) is 0.286. The Morgan fingerprint density at radius 2 is 1.65 bits per heavy atom. The molecule has 0 unspecified atom stereocenters. The molecule has 1 atom stereocenters. The summed E-state index contributed by atoms with van der Waals surface area (Å²) >= 11 is 0. The molecule has 1 N–H and O–H groups in total. The summed E-state index contributed by atoms with van der Waals surface area (Å²) in [6.45, 7) is 5.64. The molecule has 0 fully saturated rings. The standard InChI is InChI=1S/C28H31FN2O3/c1-20(2)30-28(33)26(17-22-9-5-4-6-10-22)31(18-23-12-14-24(29)15-13-23)27(32)19-34-25-11-7-8-21(3)16-25/h4-16,20,26H,17-19H2,1-3H3,(H,30,33)/t26-/m0/s1. The number of amides is 2. The van der Waals surface area contributed by atoms with E-state index in [1.54, 1.807) is 18.2 Å². The molecule has 0 aliphatic heterocycles. The van der Waals surface area contributed by atoms with Gasteiger partial charge in [0.05, 0.1) is 0 Å². The van der Waals surface area contributed by atoms with Gasteiger partial charge in [0.1, 0.15) is 17.6 Å². The number of carbonyl (C=O) groups excluding carboxylic acids is 2. The van der Waals surface area contributed by atoms with Gasteiger partial charge in [-0.25, -0.2) is 4.39 Å². The first-order valence-electron chi connectivity index (χ1n) is 11.4. The van der Waals surface area contributed by atoms with Crippen LogP contribution < -0.4 is 10.1 Å². The molecule has 0 radical (unpaired) electrons. The summed E-state index contributed by atoms with van der Waals surface area (Å²) in [7, 11) is 0. The van der Waals surface area contributed by atoms with Crippen LogP contribution in [0.15, 0.2) is 78.9 Å². The van der Waals surface area contributed by atoms with Crippen LogP contribution >= 0.6 is 0 Å². The molecule has 0 aliphatic rings. The number of rotatable bonds is 10. The predicted molar refractivity (Wildman–Crippen MR) is 131 cm³/mol. The summed E-state index contributed by atoms with van der Waals surface area (Å²) in [5.41, 5.74) is 2.68. The minimum atomic E-state index is -0.761. The minimum absolute atomic E-state index is 0.0860. The van der Waals surface area contributed by atoms with Crippen molar-refractivity contribution in [3.63, 3.8) is 0 Å². The molecule has 0 saturated heterocycles. The van der Waals surface area contributed by atoms with Gasteiger partial charge < -0.3 is 15.0 Å². The molecular weight excluding hydrogens is 431 g/mol. The zero-order chi connectivity index (χ0) is 24.5. The summed E-state index contributed by atoms with van der Waals surface area (Å²) in [4.78, 5) is 28.2. The lowest BCUT2D eigenvalue weighted by molar-refractivity contribution is -0.143. The Bertz CT molecular complexity index is 1080. The summed E-state index contributed by atoms with van der Waals surface area (Å²) in [5, 5.41) is 2.94. The maximum atomic E-state index is 13.5. The molecule has 34 heavy (non-hydrogen) atoms. The molecule has 0 spiro atoms. The third kappa shape index (κ3) is 7.44. The van der Waals surface area contributed by atoms with Crippen LogP contribution in [0.5, 0.6) is 5.75 Å². The minimum Gasteiger partial charge on any atom is -0.484 e. The molecule has 5 nitrogen and oxygen atoms in total. The van der Waals surface area contributed by atoms with E-state index in [-0.39, 0.29) is 36.8 Å². The lowest BCUT2D eigenvalue weighted by Crippen LogP contribution is -2.52. The normalized spacial score (nSPS) is 11.7. The van der Waals surface area contributed by atoms with Gasteiger partial charge >= 0.3 is 0 Å². The van der Waals surface area contributed by atoms with E-state index in [1.165, 1.54) is 17.0 Å². The monoisotopic (exact) mass is 462 g/mol. The van der Waals surface area contributed by atoms with E-state index in [0.717, 1.165) is 16.7 Å². The fourth-order valence-corrected chi connectivity index (χ4v) is 3.65. The molecular formula is C28H31FN2O3. The summed E-state index contributed by atoms with van der Waals surface area (Å²) in [5.74, 6) is -0.348. The zero-order valence-corrected chi connectivity index (χ0v) is 19.8. The van der Waals surface area contributed by atoms with E-state index >= 15 is 0 Å². The predicted octanol–water partition coefficient (Wildman–Crippen LogP) is 4.68. The highest BCUT2D eigenvalue weighted by molar-refractivity contribution is 5.88. The molecule has 0 saturated carbocycles. The van der Waals surface area contributed by atoms with Gasteiger partial charge in [-0.1, -0.05) is 54.6 Å². The Balaban J connectivity index is 1.90. The highest BCUT2D eigenvalue weighted by Gasteiger charge is 2.31. The van der Waals surface area contributed by atoms with Crippen molar-refractivity contribution in [2.24, 2.45) is 0 Å². The Morgan fingerprint density at radius 3 is 2.29 bits per heavy atom. The van der Waals surface area contributed by atoms with Crippen molar-refractivity contribution in [2.45, 2.75) is 45.8 Å². The van der Waals surface area contributed by atoms with Crippen LogP contribution in [-0.2, 0) is 22.6 Å². The van der Waals surface area contributed by atoms with E-state index in [2.05, 4.69) is 5.32 Å². The van der Waals surface area contributed by atoms with Crippen LogP contribution in [0.4, 0.5) is 4.39 Å². The van der Waals surface area contributed by atoms with Crippen LogP contribution in [0.3, 0.4) is 0 Å². The number of aryl methyl sites for hydroxylation is 1. The van der Waals surface area contributed by atoms with Crippen molar-refractivity contribution in [1.82, 2.24) is 10.2 Å². The first-order chi connectivity index (χ1) is 16.3. The van der Waals surface area contributed by atoms with E-state index in [1.807, 2.05) is 69.3 Å². The van der Waals surface area contributed by atoms with Gasteiger partial charge in [0, 0.05) is 19.0 Å². The van der Waals surface area contributed by atoms with Crippen molar-refractivity contribution in [3.8, 4) is 5.75 Å². The molecule has 0 bridgehead atoms. The largest absolute Gasteiger partial charge is 0.484 e. The molecule has 0 heterocycles. The van der Waals surface area contributed by atoms with E-state index in [4.69, 9.17) is 4.74 Å². The number of carbonyl (C=O) groups is 2. The van der Waals surface area contributed by atoms with Gasteiger partial charge in [0.25, 0.3) is 5.91 Å². The van der Waals surface area contributed by atoms with Crippen molar-refractivity contribution in [2.75, 3.05) is 6.61 Å². The zero-order valence-electron chi connectivity index (χ0n) is 19.8. The van der Waals surface area contributed by atoms with Crippen molar-refractivity contribution < 1.29 is 18.7 Å². The molecule has 3 rings (SSSR count). The molecule has 2 amide bonds. The van der Waals surface area contributed by atoms with E-state index < -0.39 is 6.04 Å².